The molecule has 2 rings (SSSR count). The van der Waals surface area contributed by atoms with E-state index in [1.165, 1.54) is 25.7 Å². The summed E-state index contributed by atoms with van der Waals surface area (Å²) in [5.41, 5.74) is 0. The Kier molecular flexibility index (Phi) is 7.04. The summed E-state index contributed by atoms with van der Waals surface area (Å²) in [6.07, 6.45) is 5.34. The topological polar surface area (TPSA) is 30.5 Å². The van der Waals surface area contributed by atoms with Crippen LogP contribution in [-0.4, -0.2) is 31.9 Å². The van der Waals surface area contributed by atoms with E-state index in [-0.39, 0.29) is 0 Å². The van der Waals surface area contributed by atoms with E-state index in [4.69, 9.17) is 9.47 Å². The maximum absolute atomic E-state index is 6.11. The Morgan fingerprint density at radius 3 is 2.62 bits per heavy atom. The molecule has 1 fully saturated rings. The van der Waals surface area contributed by atoms with Crippen molar-refractivity contribution in [1.29, 1.82) is 0 Å². The lowest BCUT2D eigenvalue weighted by Crippen LogP contribution is -2.46. The molecular weight excluding hydrogens is 262 g/mol. The van der Waals surface area contributed by atoms with Gasteiger partial charge in [0.2, 0.25) is 0 Å². The minimum Gasteiger partial charge on any atom is -0.491 e. The average Bonchev–Trinajstić information content (AvgIpc) is 2.54. The largest absolute Gasteiger partial charge is 0.491 e. The molecule has 1 aliphatic carbocycles. The summed E-state index contributed by atoms with van der Waals surface area (Å²) in [5.74, 6) is 1.74. The van der Waals surface area contributed by atoms with Gasteiger partial charge in [0.15, 0.2) is 0 Å². The lowest BCUT2D eigenvalue weighted by atomic mass is 9.82. The molecule has 3 atom stereocenters. The van der Waals surface area contributed by atoms with Crippen LogP contribution in [0.5, 0.6) is 5.75 Å². The predicted octanol–water partition coefficient (Wildman–Crippen LogP) is 3.64. The number of para-hydroxylation sites is 1. The highest BCUT2D eigenvalue weighted by atomic mass is 16.5. The fraction of sp³-hybridized carbons (Fsp3) is 0.667. The summed E-state index contributed by atoms with van der Waals surface area (Å²) in [6, 6.07) is 10.4. The number of nitrogens with one attached hydrogen (secondary N) is 1. The van der Waals surface area contributed by atoms with Gasteiger partial charge in [-0.1, -0.05) is 38.5 Å². The van der Waals surface area contributed by atoms with Crippen molar-refractivity contribution in [3.8, 4) is 5.75 Å². The first kappa shape index (κ1) is 16.3. The molecule has 21 heavy (non-hydrogen) atoms. The van der Waals surface area contributed by atoms with Crippen LogP contribution in [0.2, 0.25) is 0 Å². The minimum absolute atomic E-state index is 0.336. The first-order valence-corrected chi connectivity index (χ1v) is 8.36. The molecule has 0 heterocycles. The van der Waals surface area contributed by atoms with Crippen molar-refractivity contribution >= 4 is 0 Å². The van der Waals surface area contributed by atoms with Gasteiger partial charge in [-0.3, -0.25) is 0 Å². The van der Waals surface area contributed by atoms with Crippen molar-refractivity contribution in [3.63, 3.8) is 0 Å². The molecule has 0 radical (unpaired) electrons. The van der Waals surface area contributed by atoms with E-state index in [1.807, 2.05) is 30.3 Å². The van der Waals surface area contributed by atoms with Gasteiger partial charge in [0.05, 0.1) is 12.7 Å². The van der Waals surface area contributed by atoms with Gasteiger partial charge in [0, 0.05) is 6.04 Å². The first-order valence-electron chi connectivity index (χ1n) is 8.36. The van der Waals surface area contributed by atoms with Crippen LogP contribution >= 0.6 is 0 Å². The van der Waals surface area contributed by atoms with Crippen LogP contribution in [0.4, 0.5) is 0 Å². The van der Waals surface area contributed by atoms with E-state index in [0.29, 0.717) is 25.4 Å². The zero-order valence-electron chi connectivity index (χ0n) is 13.4. The summed E-state index contributed by atoms with van der Waals surface area (Å²) in [4.78, 5) is 0. The minimum atomic E-state index is 0.336. The zero-order valence-corrected chi connectivity index (χ0v) is 13.4. The van der Waals surface area contributed by atoms with Gasteiger partial charge < -0.3 is 14.8 Å². The Bertz CT molecular complexity index is 382. The molecule has 1 saturated carbocycles. The van der Waals surface area contributed by atoms with Crippen molar-refractivity contribution in [2.75, 3.05) is 19.8 Å². The van der Waals surface area contributed by atoms with Crippen LogP contribution in [-0.2, 0) is 4.74 Å². The lowest BCUT2D eigenvalue weighted by Gasteiger charge is -2.36. The van der Waals surface area contributed by atoms with Crippen LogP contribution in [0.3, 0.4) is 0 Å². The van der Waals surface area contributed by atoms with E-state index >= 15 is 0 Å². The third-order valence-electron chi connectivity index (χ3n) is 4.37. The van der Waals surface area contributed by atoms with Crippen LogP contribution in [0, 0.1) is 5.92 Å². The van der Waals surface area contributed by atoms with E-state index < -0.39 is 0 Å². The normalized spacial score (nSPS) is 25.7. The van der Waals surface area contributed by atoms with Crippen molar-refractivity contribution in [2.24, 2.45) is 5.92 Å². The second-order valence-corrected chi connectivity index (χ2v) is 5.82. The van der Waals surface area contributed by atoms with Crippen LogP contribution in [0.25, 0.3) is 0 Å². The number of hydrogen-bond acceptors (Lipinski definition) is 3. The molecule has 3 heteroatoms. The van der Waals surface area contributed by atoms with Gasteiger partial charge in [-0.2, -0.15) is 0 Å². The van der Waals surface area contributed by atoms with E-state index in [9.17, 15) is 0 Å². The third-order valence-corrected chi connectivity index (χ3v) is 4.37. The molecule has 1 aliphatic rings. The summed E-state index contributed by atoms with van der Waals surface area (Å²) in [6.45, 7) is 6.76. The SMILES string of the molecule is CCNC1CCC(CC)CC1OCCOc1ccccc1. The maximum atomic E-state index is 6.11. The molecular formula is C18H29NO2. The summed E-state index contributed by atoms with van der Waals surface area (Å²) < 4.78 is 11.8. The van der Waals surface area contributed by atoms with Gasteiger partial charge in [-0.25, -0.2) is 0 Å². The Morgan fingerprint density at radius 2 is 1.90 bits per heavy atom. The summed E-state index contributed by atoms with van der Waals surface area (Å²) >= 11 is 0. The number of benzene rings is 1. The Balaban J connectivity index is 1.73. The average molecular weight is 291 g/mol. The number of likely N-dealkylation sites (N-methyl/N-ethyl adjacent to an activating group) is 1. The van der Waals surface area contributed by atoms with Crippen LogP contribution in [0.15, 0.2) is 30.3 Å². The molecule has 0 saturated heterocycles. The molecule has 0 bridgehead atoms. The second kappa shape index (κ2) is 9.06. The number of rotatable bonds is 8. The molecule has 0 aromatic heterocycles. The standard InChI is InChI=1S/C18H29NO2/c1-3-15-10-11-17(19-4-2)18(14-15)21-13-12-20-16-8-6-5-7-9-16/h5-9,15,17-19H,3-4,10-14H2,1-2H3. The van der Waals surface area contributed by atoms with E-state index in [2.05, 4.69) is 19.2 Å². The van der Waals surface area contributed by atoms with Crippen LogP contribution < -0.4 is 10.1 Å². The molecule has 0 aliphatic heterocycles. The Labute approximate surface area is 129 Å². The molecule has 118 valence electrons. The van der Waals surface area contributed by atoms with Crippen molar-refractivity contribution in [2.45, 2.75) is 51.7 Å². The molecule has 1 aromatic carbocycles. The highest BCUT2D eigenvalue weighted by molar-refractivity contribution is 5.20. The molecule has 1 N–H and O–H groups in total. The Morgan fingerprint density at radius 1 is 1.10 bits per heavy atom. The molecule has 0 amide bonds. The molecule has 3 unspecified atom stereocenters. The molecule has 0 spiro atoms. The molecule has 1 aromatic rings. The lowest BCUT2D eigenvalue weighted by molar-refractivity contribution is -0.0207. The quantitative estimate of drug-likeness (QED) is 0.742. The number of ether oxygens (including phenoxy) is 2. The van der Waals surface area contributed by atoms with Gasteiger partial charge >= 0.3 is 0 Å². The van der Waals surface area contributed by atoms with Crippen LogP contribution in [0.1, 0.15) is 39.5 Å². The van der Waals surface area contributed by atoms with Gasteiger partial charge in [0.1, 0.15) is 12.4 Å². The van der Waals surface area contributed by atoms with Crippen molar-refractivity contribution in [3.05, 3.63) is 30.3 Å². The zero-order chi connectivity index (χ0) is 14.9. The fourth-order valence-electron chi connectivity index (χ4n) is 3.14. The van der Waals surface area contributed by atoms with Gasteiger partial charge in [-0.05, 0) is 43.9 Å². The van der Waals surface area contributed by atoms with E-state index in [1.54, 1.807) is 0 Å². The number of hydrogen-bond donors (Lipinski definition) is 1. The fourth-order valence-corrected chi connectivity index (χ4v) is 3.14. The molecule has 3 nitrogen and oxygen atoms in total. The van der Waals surface area contributed by atoms with Gasteiger partial charge in [-0.15, -0.1) is 0 Å². The summed E-state index contributed by atoms with van der Waals surface area (Å²) in [7, 11) is 0. The highest BCUT2D eigenvalue weighted by Gasteiger charge is 2.29. The van der Waals surface area contributed by atoms with E-state index in [0.717, 1.165) is 18.2 Å². The maximum Gasteiger partial charge on any atom is 0.119 e. The van der Waals surface area contributed by atoms with Gasteiger partial charge in [0.25, 0.3) is 0 Å². The van der Waals surface area contributed by atoms with Crippen molar-refractivity contribution < 1.29 is 9.47 Å². The highest BCUT2D eigenvalue weighted by Crippen LogP contribution is 2.28. The smallest absolute Gasteiger partial charge is 0.119 e. The third kappa shape index (κ3) is 5.33. The first-order chi connectivity index (χ1) is 10.3. The summed E-state index contributed by atoms with van der Waals surface area (Å²) in [5, 5.41) is 3.57. The predicted molar refractivity (Wildman–Crippen MR) is 86.8 cm³/mol. The Hall–Kier alpha value is -1.06. The van der Waals surface area contributed by atoms with Crippen molar-refractivity contribution in [1.82, 2.24) is 5.32 Å². The monoisotopic (exact) mass is 291 g/mol. The second-order valence-electron chi connectivity index (χ2n) is 5.82.